The molecule has 0 bridgehead atoms. The highest BCUT2D eigenvalue weighted by atomic mass is 16.6. The first-order valence-corrected chi connectivity index (χ1v) is 12.2. The summed E-state index contributed by atoms with van der Waals surface area (Å²) >= 11 is 0. The summed E-state index contributed by atoms with van der Waals surface area (Å²) < 4.78 is 11.6. The normalized spacial score (nSPS) is 35.3. The summed E-state index contributed by atoms with van der Waals surface area (Å²) in [5.74, 6) is 0.107. The lowest BCUT2D eigenvalue weighted by atomic mass is 9.63. The number of ether oxygens (including phenoxy) is 2. The van der Waals surface area contributed by atoms with Crippen LogP contribution in [0, 0.1) is 29.1 Å². The van der Waals surface area contributed by atoms with Gasteiger partial charge in [0.2, 0.25) is 0 Å². The van der Waals surface area contributed by atoms with Gasteiger partial charge < -0.3 is 19.7 Å². The second-order valence-corrected chi connectivity index (χ2v) is 10.7. The van der Waals surface area contributed by atoms with Crippen LogP contribution in [0.4, 0.5) is 0 Å². The molecule has 6 heteroatoms. The number of carbonyl (C=O) groups excluding carboxylic acids is 2. The van der Waals surface area contributed by atoms with Crippen LogP contribution in [-0.2, 0) is 19.1 Å². The molecule has 0 aromatic carbocycles. The molecule has 32 heavy (non-hydrogen) atoms. The van der Waals surface area contributed by atoms with Gasteiger partial charge in [0.15, 0.2) is 0 Å². The van der Waals surface area contributed by atoms with Crippen LogP contribution in [0.25, 0.3) is 0 Å². The summed E-state index contributed by atoms with van der Waals surface area (Å²) in [4.78, 5) is 24.7. The van der Waals surface area contributed by atoms with E-state index in [0.717, 1.165) is 24.0 Å². The number of aliphatic hydroxyl groups excluding tert-OH is 2. The van der Waals surface area contributed by atoms with E-state index in [0.29, 0.717) is 19.3 Å². The molecule has 0 aromatic rings. The minimum Gasteiger partial charge on any atom is -0.462 e. The number of cyclic esters (lactones) is 1. The topological polar surface area (TPSA) is 93.1 Å². The van der Waals surface area contributed by atoms with Gasteiger partial charge in [0, 0.05) is 12.3 Å². The molecule has 0 aromatic heterocycles. The van der Waals surface area contributed by atoms with Crippen LogP contribution < -0.4 is 0 Å². The van der Waals surface area contributed by atoms with Gasteiger partial charge in [0.1, 0.15) is 12.2 Å². The maximum absolute atomic E-state index is 12.9. The van der Waals surface area contributed by atoms with Crippen molar-refractivity contribution in [1.82, 2.24) is 0 Å². The second kappa shape index (κ2) is 10.1. The quantitative estimate of drug-likeness (QED) is 0.573. The van der Waals surface area contributed by atoms with Crippen LogP contribution in [0.1, 0.15) is 73.1 Å². The summed E-state index contributed by atoms with van der Waals surface area (Å²) in [5.41, 5.74) is 1.61. The van der Waals surface area contributed by atoms with E-state index in [1.54, 1.807) is 0 Å². The Morgan fingerprint density at radius 3 is 2.59 bits per heavy atom. The summed E-state index contributed by atoms with van der Waals surface area (Å²) in [6.07, 6.45) is 6.62. The standard InChI is InChI=1S/C26H40O6/c1-6-26(4,5)25(30)32-22-10-15(2)9-17-11-18(14-27)16(3)21(24(17)22)8-7-20-12-19(28)13-23(29)31-20/h9,11,15-16,19-22,24,27-28H,6-8,10,12-14H2,1-5H3/t15-,16?,19+,20?,21-,22-,24-/m0/s1. The average Bonchev–Trinajstić information content (AvgIpc) is 2.72. The van der Waals surface area contributed by atoms with Gasteiger partial charge >= 0.3 is 11.9 Å². The molecule has 6 nitrogen and oxygen atoms in total. The van der Waals surface area contributed by atoms with E-state index in [4.69, 9.17) is 9.47 Å². The molecule has 1 saturated heterocycles. The van der Waals surface area contributed by atoms with E-state index in [9.17, 15) is 19.8 Å². The third-order valence-electron chi connectivity index (χ3n) is 7.84. The molecule has 3 rings (SSSR count). The fourth-order valence-electron chi connectivity index (χ4n) is 5.43. The lowest BCUT2D eigenvalue weighted by molar-refractivity contribution is -0.166. The van der Waals surface area contributed by atoms with Crippen LogP contribution in [0.15, 0.2) is 23.3 Å². The molecular weight excluding hydrogens is 408 g/mol. The Balaban J connectivity index is 1.84. The van der Waals surface area contributed by atoms with Gasteiger partial charge in [0.25, 0.3) is 0 Å². The van der Waals surface area contributed by atoms with Crippen molar-refractivity contribution >= 4 is 11.9 Å². The Morgan fingerprint density at radius 2 is 1.97 bits per heavy atom. The zero-order valence-corrected chi connectivity index (χ0v) is 20.2. The van der Waals surface area contributed by atoms with Gasteiger partial charge in [-0.2, -0.15) is 0 Å². The molecule has 0 radical (unpaired) electrons. The average molecular weight is 449 g/mol. The van der Waals surface area contributed by atoms with Crippen LogP contribution in [0.3, 0.4) is 0 Å². The first kappa shape index (κ1) is 25.0. The Labute approximate surface area is 192 Å². The minimum atomic E-state index is -0.645. The number of aliphatic hydroxyl groups is 2. The van der Waals surface area contributed by atoms with E-state index in [1.165, 1.54) is 0 Å². The summed E-state index contributed by atoms with van der Waals surface area (Å²) in [7, 11) is 0. The fraction of sp³-hybridized carbons (Fsp3) is 0.769. The number of esters is 2. The van der Waals surface area contributed by atoms with Gasteiger partial charge in [-0.25, -0.2) is 0 Å². The number of allylic oxidation sites excluding steroid dienone is 2. The Hall–Kier alpha value is -1.66. The highest BCUT2D eigenvalue weighted by Gasteiger charge is 2.44. The van der Waals surface area contributed by atoms with Crippen LogP contribution in [0.2, 0.25) is 0 Å². The largest absolute Gasteiger partial charge is 0.462 e. The smallest absolute Gasteiger partial charge is 0.311 e. The van der Waals surface area contributed by atoms with E-state index in [2.05, 4.69) is 26.0 Å². The number of rotatable bonds is 7. The monoisotopic (exact) mass is 448 g/mol. The molecule has 2 unspecified atom stereocenters. The Morgan fingerprint density at radius 1 is 1.25 bits per heavy atom. The van der Waals surface area contributed by atoms with Crippen LogP contribution in [-0.4, -0.2) is 47.1 Å². The highest BCUT2D eigenvalue weighted by molar-refractivity contribution is 5.76. The van der Waals surface area contributed by atoms with E-state index in [-0.39, 0.29) is 60.8 Å². The van der Waals surface area contributed by atoms with Crippen molar-refractivity contribution in [1.29, 1.82) is 0 Å². The molecule has 7 atom stereocenters. The van der Waals surface area contributed by atoms with Crippen molar-refractivity contribution < 1.29 is 29.3 Å². The molecule has 0 saturated carbocycles. The predicted octanol–water partition coefficient (Wildman–Crippen LogP) is 3.95. The first-order chi connectivity index (χ1) is 15.1. The van der Waals surface area contributed by atoms with E-state index >= 15 is 0 Å². The summed E-state index contributed by atoms with van der Waals surface area (Å²) in [6, 6.07) is 0. The number of carbonyl (C=O) groups is 2. The van der Waals surface area contributed by atoms with Gasteiger partial charge in [-0.3, -0.25) is 9.59 Å². The van der Waals surface area contributed by atoms with Gasteiger partial charge in [-0.1, -0.05) is 32.9 Å². The lowest BCUT2D eigenvalue weighted by Gasteiger charge is -2.45. The summed E-state index contributed by atoms with van der Waals surface area (Å²) in [5, 5.41) is 20.0. The van der Waals surface area contributed by atoms with Crippen molar-refractivity contribution in [3.05, 3.63) is 23.3 Å². The molecule has 180 valence electrons. The van der Waals surface area contributed by atoms with Crippen molar-refractivity contribution in [3.8, 4) is 0 Å². The summed E-state index contributed by atoms with van der Waals surface area (Å²) in [6.45, 7) is 10.1. The van der Waals surface area contributed by atoms with E-state index < -0.39 is 11.5 Å². The molecule has 2 N–H and O–H groups in total. The molecule has 2 aliphatic carbocycles. The molecule has 0 spiro atoms. The SMILES string of the molecule is CCC(C)(C)C(=O)O[C@H]1C[C@@H](C)C=C2C=C(CO)C(C)[C@H](CCC3C[C@@H](O)CC(=O)O3)[C@H]21. The highest BCUT2D eigenvalue weighted by Crippen LogP contribution is 2.47. The molecule has 3 aliphatic rings. The number of hydrogen-bond donors (Lipinski definition) is 2. The Bertz CT molecular complexity index is 766. The van der Waals surface area contributed by atoms with Gasteiger partial charge in [-0.15, -0.1) is 0 Å². The van der Waals surface area contributed by atoms with Gasteiger partial charge in [0.05, 0.1) is 24.5 Å². The maximum atomic E-state index is 12.9. The second-order valence-electron chi connectivity index (χ2n) is 10.7. The van der Waals surface area contributed by atoms with Crippen molar-refractivity contribution in [2.24, 2.45) is 29.1 Å². The molecule has 1 fully saturated rings. The third-order valence-corrected chi connectivity index (χ3v) is 7.84. The fourth-order valence-corrected chi connectivity index (χ4v) is 5.43. The predicted molar refractivity (Wildman–Crippen MR) is 121 cm³/mol. The van der Waals surface area contributed by atoms with Crippen molar-refractivity contribution in [2.75, 3.05) is 6.61 Å². The first-order valence-electron chi connectivity index (χ1n) is 12.2. The lowest BCUT2D eigenvalue weighted by Crippen LogP contribution is -2.44. The Kier molecular flexibility index (Phi) is 7.87. The van der Waals surface area contributed by atoms with Crippen LogP contribution >= 0.6 is 0 Å². The molecule has 1 aliphatic heterocycles. The van der Waals surface area contributed by atoms with Gasteiger partial charge in [-0.05, 0) is 68.4 Å². The molecule has 1 heterocycles. The van der Waals surface area contributed by atoms with Crippen LogP contribution in [0.5, 0.6) is 0 Å². The zero-order valence-electron chi connectivity index (χ0n) is 20.2. The maximum Gasteiger partial charge on any atom is 0.311 e. The number of hydrogen-bond acceptors (Lipinski definition) is 6. The van der Waals surface area contributed by atoms with E-state index in [1.807, 2.05) is 20.8 Å². The molecule has 0 amide bonds. The number of fused-ring (bicyclic) bond motifs is 1. The van der Waals surface area contributed by atoms with Crippen molar-refractivity contribution in [3.63, 3.8) is 0 Å². The molecular formula is C26H40O6. The third kappa shape index (κ3) is 5.45. The van der Waals surface area contributed by atoms with Crippen molar-refractivity contribution in [2.45, 2.75) is 91.5 Å². The zero-order chi connectivity index (χ0) is 23.6. The minimum absolute atomic E-state index is 0.000552.